The van der Waals surface area contributed by atoms with Crippen LogP contribution in [0.15, 0.2) is 27.1 Å². The Morgan fingerprint density at radius 1 is 0.941 bits per heavy atom. The summed E-state index contributed by atoms with van der Waals surface area (Å²) in [6.45, 7) is 0. The Balaban J connectivity index is 2.57. The van der Waals surface area contributed by atoms with E-state index in [0.717, 1.165) is 10.0 Å². The molecule has 1 aromatic carbocycles. The molecule has 7 heteroatoms. The quantitative estimate of drug-likeness (QED) is 0.563. The monoisotopic (exact) mass is 414 g/mol. The minimum Gasteiger partial charge on any atom is -0.215 e. The summed E-state index contributed by atoms with van der Waals surface area (Å²) in [6.07, 6.45) is 0. The number of nitrogens with zero attached hydrogens (tertiary/aromatic N) is 2. The molecule has 0 saturated heterocycles. The molecule has 0 atom stereocenters. The van der Waals surface area contributed by atoms with Crippen LogP contribution in [0.25, 0.3) is 11.4 Å². The molecule has 0 bridgehead atoms. The zero-order valence-electron chi connectivity index (χ0n) is 8.02. The zero-order valence-corrected chi connectivity index (χ0v) is 13.5. The van der Waals surface area contributed by atoms with Crippen LogP contribution in [0.3, 0.4) is 0 Å². The second-order valence-corrected chi connectivity index (χ2v) is 5.84. The zero-order chi connectivity index (χ0) is 12.6. The third-order valence-corrected chi connectivity index (χ3v) is 4.92. The normalized spacial score (nSPS) is 10.6. The van der Waals surface area contributed by atoms with Gasteiger partial charge in [-0.2, -0.15) is 0 Å². The summed E-state index contributed by atoms with van der Waals surface area (Å²) in [4.78, 5) is 8.27. The van der Waals surface area contributed by atoms with Crippen LogP contribution in [-0.2, 0) is 0 Å². The van der Waals surface area contributed by atoms with E-state index in [0.29, 0.717) is 15.3 Å². The molecule has 2 rings (SSSR count). The first-order valence-corrected chi connectivity index (χ1v) is 7.05. The van der Waals surface area contributed by atoms with Crippen molar-refractivity contribution in [2.75, 3.05) is 0 Å². The van der Waals surface area contributed by atoms with Crippen LogP contribution in [0.5, 0.6) is 0 Å². The molecule has 1 heterocycles. The highest BCUT2D eigenvalue weighted by Gasteiger charge is 2.11. The van der Waals surface area contributed by atoms with E-state index in [1.807, 2.05) is 0 Å². The smallest absolute Gasteiger partial charge is 0.162 e. The summed E-state index contributed by atoms with van der Waals surface area (Å²) >= 11 is 24.3. The average molecular weight is 417 g/mol. The van der Waals surface area contributed by atoms with Gasteiger partial charge in [-0.05, 0) is 50.1 Å². The predicted octanol–water partition coefficient (Wildman–Crippen LogP) is 5.63. The van der Waals surface area contributed by atoms with Crippen LogP contribution in [0, 0.1) is 0 Å². The number of aromatic nitrogens is 2. The summed E-state index contributed by atoms with van der Waals surface area (Å²) in [5.41, 5.74) is 0.776. The fraction of sp³-hybridized carbons (Fsp3) is 0. The first-order chi connectivity index (χ1) is 7.99. The van der Waals surface area contributed by atoms with Gasteiger partial charge < -0.3 is 0 Å². The Morgan fingerprint density at radius 2 is 1.53 bits per heavy atom. The Hall–Kier alpha value is 0.130. The minimum atomic E-state index is 0.270. The average Bonchev–Trinajstić information content (AvgIpc) is 2.29. The summed E-state index contributed by atoms with van der Waals surface area (Å²) in [5.74, 6) is 0.445. The van der Waals surface area contributed by atoms with E-state index in [4.69, 9.17) is 34.8 Å². The van der Waals surface area contributed by atoms with E-state index in [-0.39, 0.29) is 10.3 Å². The first-order valence-electron chi connectivity index (χ1n) is 4.33. The van der Waals surface area contributed by atoms with E-state index in [9.17, 15) is 0 Å². The van der Waals surface area contributed by atoms with Crippen molar-refractivity contribution in [1.82, 2.24) is 9.97 Å². The lowest BCUT2D eigenvalue weighted by atomic mass is 10.2. The highest BCUT2D eigenvalue weighted by Crippen LogP contribution is 2.32. The molecule has 0 radical (unpaired) electrons. The van der Waals surface area contributed by atoms with Crippen molar-refractivity contribution in [2.24, 2.45) is 0 Å². The van der Waals surface area contributed by atoms with Gasteiger partial charge in [-0.1, -0.05) is 34.8 Å². The van der Waals surface area contributed by atoms with Gasteiger partial charge in [-0.15, -0.1) is 0 Å². The van der Waals surface area contributed by atoms with Crippen molar-refractivity contribution in [3.8, 4) is 11.4 Å². The molecule has 0 aliphatic heterocycles. The molecule has 17 heavy (non-hydrogen) atoms. The highest BCUT2D eigenvalue weighted by atomic mass is 79.9. The maximum atomic E-state index is 5.92. The summed E-state index contributed by atoms with van der Waals surface area (Å²) in [5, 5.41) is 1.15. The van der Waals surface area contributed by atoms with Gasteiger partial charge in [0.25, 0.3) is 0 Å². The fourth-order valence-corrected chi connectivity index (χ4v) is 2.22. The number of hydrogen-bond donors (Lipinski definition) is 0. The van der Waals surface area contributed by atoms with Gasteiger partial charge in [0.15, 0.2) is 5.82 Å². The molecule has 0 N–H and O–H groups in total. The second-order valence-electron chi connectivity index (χ2n) is 3.07. The van der Waals surface area contributed by atoms with Crippen LogP contribution in [0.2, 0.25) is 15.3 Å². The van der Waals surface area contributed by atoms with Crippen molar-refractivity contribution in [2.45, 2.75) is 0 Å². The van der Waals surface area contributed by atoms with Crippen LogP contribution in [-0.4, -0.2) is 9.97 Å². The fourth-order valence-electron chi connectivity index (χ4n) is 1.16. The largest absolute Gasteiger partial charge is 0.215 e. The van der Waals surface area contributed by atoms with E-state index in [1.165, 1.54) is 0 Å². The number of halogens is 5. The van der Waals surface area contributed by atoms with Gasteiger partial charge in [-0.25, -0.2) is 9.97 Å². The van der Waals surface area contributed by atoms with E-state index >= 15 is 0 Å². The Kier molecular flexibility index (Phi) is 4.31. The molecule has 0 spiro atoms. The van der Waals surface area contributed by atoms with Gasteiger partial charge in [0.1, 0.15) is 10.3 Å². The molecule has 0 fully saturated rings. The van der Waals surface area contributed by atoms with Crippen LogP contribution >= 0.6 is 66.7 Å². The lowest BCUT2D eigenvalue weighted by molar-refractivity contribution is 1.16. The second kappa shape index (κ2) is 5.41. The van der Waals surface area contributed by atoms with E-state index in [2.05, 4.69) is 41.8 Å². The standard InChI is InChI=1S/C10H3Br2Cl3N2/c11-5-3-4(1-2-6(5)13)10-16-8(14)7(12)9(15)17-10/h1-3H. The van der Waals surface area contributed by atoms with Gasteiger partial charge in [0.2, 0.25) is 0 Å². The molecule has 0 amide bonds. The number of hydrogen-bond acceptors (Lipinski definition) is 2. The lowest BCUT2D eigenvalue weighted by Gasteiger charge is -2.05. The molecule has 1 aromatic heterocycles. The van der Waals surface area contributed by atoms with Crippen LogP contribution < -0.4 is 0 Å². The molecule has 2 aromatic rings. The van der Waals surface area contributed by atoms with Crippen molar-refractivity contribution < 1.29 is 0 Å². The minimum absolute atomic E-state index is 0.270. The molecular formula is C10H3Br2Cl3N2. The molecule has 0 aliphatic carbocycles. The van der Waals surface area contributed by atoms with E-state index < -0.39 is 0 Å². The van der Waals surface area contributed by atoms with Crippen molar-refractivity contribution in [1.29, 1.82) is 0 Å². The SMILES string of the molecule is Clc1ccc(-c2nc(Cl)c(Br)c(Cl)n2)cc1Br. The first kappa shape index (κ1) is 13.6. The van der Waals surface area contributed by atoms with Gasteiger partial charge in [0.05, 0.1) is 9.50 Å². The maximum absolute atomic E-state index is 5.92. The Bertz CT molecular complexity index is 567. The van der Waals surface area contributed by atoms with Crippen molar-refractivity contribution in [3.63, 3.8) is 0 Å². The molecule has 0 saturated carbocycles. The van der Waals surface area contributed by atoms with Crippen LogP contribution in [0.4, 0.5) is 0 Å². The molecule has 88 valence electrons. The third kappa shape index (κ3) is 2.93. The Morgan fingerprint density at radius 3 is 2.06 bits per heavy atom. The van der Waals surface area contributed by atoms with Gasteiger partial charge in [-0.3, -0.25) is 0 Å². The third-order valence-electron chi connectivity index (χ3n) is 1.95. The summed E-state index contributed by atoms with van der Waals surface area (Å²) < 4.78 is 1.24. The van der Waals surface area contributed by atoms with Gasteiger partial charge in [0, 0.05) is 10.0 Å². The Labute approximate surface area is 130 Å². The van der Waals surface area contributed by atoms with Crippen LogP contribution in [0.1, 0.15) is 0 Å². The van der Waals surface area contributed by atoms with Gasteiger partial charge >= 0.3 is 0 Å². The molecular weight excluding hydrogens is 414 g/mol. The van der Waals surface area contributed by atoms with E-state index in [1.54, 1.807) is 18.2 Å². The number of benzene rings is 1. The molecule has 0 aliphatic rings. The lowest BCUT2D eigenvalue weighted by Crippen LogP contribution is -1.92. The maximum Gasteiger partial charge on any atom is 0.162 e. The van der Waals surface area contributed by atoms with Crippen molar-refractivity contribution >= 4 is 66.7 Å². The predicted molar refractivity (Wildman–Crippen MR) is 77.9 cm³/mol. The number of rotatable bonds is 1. The highest BCUT2D eigenvalue weighted by molar-refractivity contribution is 9.11. The topological polar surface area (TPSA) is 25.8 Å². The molecule has 2 nitrogen and oxygen atoms in total. The summed E-state index contributed by atoms with van der Waals surface area (Å²) in [7, 11) is 0. The van der Waals surface area contributed by atoms with Crippen molar-refractivity contribution in [3.05, 3.63) is 42.5 Å². The molecule has 0 unspecified atom stereocenters. The summed E-state index contributed by atoms with van der Waals surface area (Å²) in [6, 6.07) is 5.34.